The summed E-state index contributed by atoms with van der Waals surface area (Å²) in [5.74, 6) is 0. The smallest absolute Gasteiger partial charge is 0.108 e. The Hall–Kier alpha value is -7.84. The van der Waals surface area contributed by atoms with Gasteiger partial charge in [0, 0.05) is 39.8 Å². The second-order valence-corrected chi connectivity index (χ2v) is 12.9. The first-order valence-electron chi connectivity index (χ1n) is 18.1. The summed E-state index contributed by atoms with van der Waals surface area (Å²) in [4.78, 5) is 4.43. The van der Waals surface area contributed by atoms with Crippen LogP contribution in [0.2, 0.25) is 0 Å². The van der Waals surface area contributed by atoms with Gasteiger partial charge in [0.15, 0.2) is 0 Å². The highest BCUT2D eigenvalue weighted by atomic mass is 15.3. The van der Waals surface area contributed by atoms with E-state index in [0.29, 0.717) is 11.4 Å². The molecule has 0 spiro atoms. The van der Waals surface area contributed by atoms with Crippen LogP contribution in [0.5, 0.6) is 0 Å². The van der Waals surface area contributed by atoms with Crippen LogP contribution in [0.1, 0.15) is 0 Å². The van der Waals surface area contributed by atoms with Crippen LogP contribution in [0.25, 0.3) is 11.1 Å². The van der Waals surface area contributed by atoms with Crippen molar-refractivity contribution < 1.29 is 0 Å². The molecule has 0 bridgehead atoms. The van der Waals surface area contributed by atoms with Gasteiger partial charge in [-0.2, -0.15) is 5.10 Å². The fourth-order valence-electron chi connectivity index (χ4n) is 6.21. The molecule has 0 fully saturated rings. The minimum Gasteiger partial charge on any atom is -0.399 e. The summed E-state index contributed by atoms with van der Waals surface area (Å²) in [5.41, 5.74) is 20.8. The molecule has 0 atom stereocenters. The Kier molecular flexibility index (Phi) is 11.3. The van der Waals surface area contributed by atoms with E-state index in [1.807, 2.05) is 85.0 Å². The predicted molar refractivity (Wildman–Crippen MR) is 236 cm³/mol. The van der Waals surface area contributed by atoms with E-state index in [0.717, 1.165) is 56.6 Å². The molecule has 2 aliphatic carbocycles. The average Bonchev–Trinajstić information content (AvgIpc) is 3.24. The average molecular weight is 729 g/mol. The van der Waals surface area contributed by atoms with Crippen LogP contribution < -0.4 is 21.0 Å². The molecule has 56 heavy (non-hydrogen) atoms. The monoisotopic (exact) mass is 728 g/mol. The molecule has 8 nitrogen and oxygen atoms in total. The van der Waals surface area contributed by atoms with Gasteiger partial charge in [0.05, 0.1) is 22.8 Å². The largest absolute Gasteiger partial charge is 0.399 e. The first kappa shape index (κ1) is 36.5. The van der Waals surface area contributed by atoms with Crippen LogP contribution in [0, 0.1) is 16.2 Å². The molecule has 0 saturated carbocycles. The lowest BCUT2D eigenvalue weighted by Crippen LogP contribution is -2.12. The van der Waals surface area contributed by atoms with Gasteiger partial charge in [-0.3, -0.25) is 21.7 Å². The van der Waals surface area contributed by atoms with Crippen molar-refractivity contribution in [3.63, 3.8) is 0 Å². The molecule has 2 aliphatic rings. The lowest BCUT2D eigenvalue weighted by molar-refractivity contribution is 1.27. The first-order valence-corrected chi connectivity index (χ1v) is 18.1. The molecule has 272 valence electrons. The fourth-order valence-corrected chi connectivity index (χ4v) is 6.21. The van der Waals surface area contributed by atoms with E-state index in [-0.39, 0.29) is 11.4 Å². The van der Waals surface area contributed by atoms with Gasteiger partial charge in [0.1, 0.15) is 5.71 Å². The van der Waals surface area contributed by atoms with Crippen LogP contribution in [-0.4, -0.2) is 22.8 Å². The molecule has 6 N–H and O–H groups in total. The van der Waals surface area contributed by atoms with Crippen molar-refractivity contribution in [3.05, 3.63) is 206 Å². The number of allylic oxidation sites excluding steroid dienone is 8. The highest BCUT2D eigenvalue weighted by molar-refractivity contribution is 6.50. The van der Waals surface area contributed by atoms with Crippen molar-refractivity contribution in [1.29, 1.82) is 16.2 Å². The molecular formula is C48H40N8. The molecule has 0 saturated heterocycles. The molecule has 6 aromatic carbocycles. The topological polar surface area (TPSA) is 128 Å². The molecule has 6 aromatic rings. The Morgan fingerprint density at radius 1 is 0.411 bits per heavy atom. The van der Waals surface area contributed by atoms with Gasteiger partial charge in [-0.1, -0.05) is 97.1 Å². The van der Waals surface area contributed by atoms with Crippen LogP contribution in [-0.2, 0) is 0 Å². The number of hydrogen-bond donors (Lipinski definition) is 5. The quantitative estimate of drug-likeness (QED) is 0.0576. The number of nitrogen functional groups attached to an aromatic ring is 1. The van der Waals surface area contributed by atoms with Gasteiger partial charge >= 0.3 is 0 Å². The molecule has 8 heteroatoms. The standard InChI is InChI=1S/C42H34N6.C6H6N2/c43-33-11-9-17-39(29-33)47(35-13-3-1-4-14-35)37-25-21-31(22-26-37)32-23-27-38(28-24-32)48(36-15-5-2-6-16-36)40-18-10-12-34(30-40)45-46-42-20-8-7-19-41(42)44;7-5-3-1-2-4-6(5)8/h1-30,44-45H,43H2;1-4,7-8H/b44-41?,46-42-;. The molecular weight excluding hydrogens is 689 g/mol. The maximum Gasteiger partial charge on any atom is 0.108 e. The van der Waals surface area contributed by atoms with Crippen molar-refractivity contribution in [1.82, 2.24) is 0 Å². The Labute approximate surface area is 327 Å². The number of rotatable bonds is 9. The van der Waals surface area contributed by atoms with E-state index in [2.05, 4.69) is 111 Å². The van der Waals surface area contributed by atoms with E-state index in [1.165, 1.54) is 0 Å². The highest BCUT2D eigenvalue weighted by Crippen LogP contribution is 2.38. The van der Waals surface area contributed by atoms with Gasteiger partial charge in [-0.15, -0.1) is 0 Å². The van der Waals surface area contributed by atoms with Gasteiger partial charge in [-0.25, -0.2) is 0 Å². The molecule has 0 radical (unpaired) electrons. The molecule has 0 aromatic heterocycles. The SMILES string of the molecule is N=C1C=CC=C/C1=N/Nc1cccc(N(c2ccccc2)c2ccc(-c3ccc(N(c4ccccc4)c4cccc(N)c4)cc3)cc2)c1.N=C1C=CC=CC1=N. The van der Waals surface area contributed by atoms with Crippen LogP contribution in [0.15, 0.2) is 211 Å². The van der Waals surface area contributed by atoms with Gasteiger partial charge in [0.25, 0.3) is 0 Å². The van der Waals surface area contributed by atoms with Crippen molar-refractivity contribution in [2.75, 3.05) is 21.0 Å². The van der Waals surface area contributed by atoms with Crippen LogP contribution >= 0.6 is 0 Å². The number of nitrogens with one attached hydrogen (secondary N) is 4. The van der Waals surface area contributed by atoms with E-state index < -0.39 is 0 Å². The summed E-state index contributed by atoms with van der Waals surface area (Å²) in [6, 6.07) is 54.0. The maximum atomic E-state index is 8.11. The summed E-state index contributed by atoms with van der Waals surface area (Å²) in [6.45, 7) is 0. The summed E-state index contributed by atoms with van der Waals surface area (Å²) in [5, 5.41) is 26.6. The Bertz CT molecular complexity index is 2470. The number of nitrogens with zero attached hydrogens (tertiary/aromatic N) is 3. The van der Waals surface area contributed by atoms with Crippen molar-refractivity contribution in [2.24, 2.45) is 5.10 Å². The van der Waals surface area contributed by atoms with E-state index >= 15 is 0 Å². The van der Waals surface area contributed by atoms with E-state index in [4.69, 9.17) is 22.0 Å². The van der Waals surface area contributed by atoms with Gasteiger partial charge in [0.2, 0.25) is 0 Å². The zero-order valence-electron chi connectivity index (χ0n) is 30.5. The lowest BCUT2D eigenvalue weighted by Gasteiger charge is -2.26. The Balaban J connectivity index is 0.000000536. The molecule has 0 amide bonds. The van der Waals surface area contributed by atoms with Gasteiger partial charge in [-0.05, 0) is 120 Å². The van der Waals surface area contributed by atoms with Crippen molar-refractivity contribution >= 4 is 68.3 Å². The van der Waals surface area contributed by atoms with Crippen LogP contribution in [0.4, 0.5) is 45.5 Å². The summed E-state index contributed by atoms with van der Waals surface area (Å²) < 4.78 is 0. The third kappa shape index (κ3) is 8.85. The van der Waals surface area contributed by atoms with E-state index in [1.54, 1.807) is 30.4 Å². The van der Waals surface area contributed by atoms with Gasteiger partial charge < -0.3 is 15.5 Å². The number of hydrogen-bond acceptors (Lipinski definition) is 8. The maximum absolute atomic E-state index is 8.11. The minimum atomic E-state index is 0.285. The third-order valence-corrected chi connectivity index (χ3v) is 8.98. The normalized spacial score (nSPS) is 13.6. The van der Waals surface area contributed by atoms with Crippen molar-refractivity contribution in [2.45, 2.75) is 0 Å². The third-order valence-electron chi connectivity index (χ3n) is 8.98. The Morgan fingerprint density at radius 2 is 0.839 bits per heavy atom. The number of nitrogens with two attached hydrogens (primary N) is 1. The fraction of sp³-hybridized carbons (Fsp3) is 0. The molecule has 8 rings (SSSR count). The molecule has 0 unspecified atom stereocenters. The zero-order chi connectivity index (χ0) is 38.7. The predicted octanol–water partition coefficient (Wildman–Crippen LogP) is 11.9. The zero-order valence-corrected chi connectivity index (χ0v) is 30.5. The van der Waals surface area contributed by atoms with Crippen LogP contribution in [0.3, 0.4) is 0 Å². The number of hydrazone groups is 1. The second-order valence-electron chi connectivity index (χ2n) is 12.9. The highest BCUT2D eigenvalue weighted by Gasteiger charge is 2.15. The summed E-state index contributed by atoms with van der Waals surface area (Å²) in [6.07, 6.45) is 14.0. The van der Waals surface area contributed by atoms with Crippen molar-refractivity contribution in [3.8, 4) is 11.1 Å². The Morgan fingerprint density at radius 3 is 1.32 bits per heavy atom. The lowest BCUT2D eigenvalue weighted by atomic mass is 10.0. The first-order chi connectivity index (χ1) is 27.4. The number of anilines is 8. The number of benzene rings is 6. The molecule has 0 heterocycles. The molecule has 0 aliphatic heterocycles. The number of para-hydroxylation sites is 2. The second kappa shape index (κ2) is 17.3. The summed E-state index contributed by atoms with van der Waals surface area (Å²) in [7, 11) is 0. The summed E-state index contributed by atoms with van der Waals surface area (Å²) >= 11 is 0. The van der Waals surface area contributed by atoms with E-state index in [9.17, 15) is 0 Å². The minimum absolute atomic E-state index is 0.285.